The third-order valence-corrected chi connectivity index (χ3v) is 6.36. The van der Waals surface area contributed by atoms with Crippen LogP contribution in [-0.2, 0) is 38.0 Å². The standard InChI is InChI=1S/C22H28N6O9/c1-3-12-16(30)19(20(34-12)26-28-24)37-22-15(25-27-23)18(32-10-14(29)31-2)17-13(35-22)9-33-21(36-17)11-7-5-4-6-8-11/h4-8,12-13,15-22,30H,3,9-10H2,1-2H3/t12-,13?,15?,16?,17+,18-,19-,20?,21?,22?/m1/s1. The van der Waals surface area contributed by atoms with Crippen molar-refractivity contribution in [3.05, 3.63) is 56.8 Å². The molecule has 0 spiro atoms. The highest BCUT2D eigenvalue weighted by Crippen LogP contribution is 2.38. The highest BCUT2D eigenvalue weighted by atomic mass is 16.8. The van der Waals surface area contributed by atoms with Gasteiger partial charge in [-0.3, -0.25) is 0 Å². The van der Waals surface area contributed by atoms with Gasteiger partial charge in [-0.2, -0.15) is 0 Å². The maximum absolute atomic E-state index is 11.9. The molecule has 10 atom stereocenters. The fourth-order valence-electron chi connectivity index (χ4n) is 4.55. The Bertz CT molecular complexity index is 1020. The van der Waals surface area contributed by atoms with Gasteiger partial charge in [-0.05, 0) is 17.5 Å². The SMILES string of the molecule is CC[C@H]1OC(N=[N+]=[N-])[C@H](OC2OC3COC(c4ccccc4)O[C@@H]3[C@H](OCC(=O)OC)C2N=[N+]=[N-])C1O. The van der Waals surface area contributed by atoms with Gasteiger partial charge in [-0.25, -0.2) is 4.79 Å². The van der Waals surface area contributed by atoms with Gasteiger partial charge in [0.05, 0.1) is 19.8 Å². The van der Waals surface area contributed by atoms with Gasteiger partial charge in [0.15, 0.2) is 18.8 Å². The van der Waals surface area contributed by atoms with E-state index in [9.17, 15) is 15.4 Å². The first-order valence-corrected chi connectivity index (χ1v) is 11.7. The summed E-state index contributed by atoms with van der Waals surface area (Å²) < 4.78 is 40.2. The van der Waals surface area contributed by atoms with Crippen molar-refractivity contribution in [2.45, 2.75) is 74.8 Å². The number of fused-ring (bicyclic) bond motifs is 1. The van der Waals surface area contributed by atoms with E-state index >= 15 is 0 Å². The fourth-order valence-corrected chi connectivity index (χ4v) is 4.55. The predicted octanol–water partition coefficient (Wildman–Crippen LogP) is 2.25. The second kappa shape index (κ2) is 12.5. The van der Waals surface area contributed by atoms with Crippen LogP contribution in [0.25, 0.3) is 20.9 Å². The van der Waals surface area contributed by atoms with Crippen molar-refractivity contribution < 1.29 is 43.1 Å². The minimum absolute atomic E-state index is 0.0617. The van der Waals surface area contributed by atoms with Crippen LogP contribution in [0.15, 0.2) is 40.6 Å². The Morgan fingerprint density at radius 2 is 1.89 bits per heavy atom. The number of ether oxygens (including phenoxy) is 7. The third kappa shape index (κ3) is 5.96. The van der Waals surface area contributed by atoms with Crippen molar-refractivity contribution in [1.82, 2.24) is 0 Å². The average Bonchev–Trinajstić information content (AvgIpc) is 3.22. The number of esters is 1. The highest BCUT2D eigenvalue weighted by molar-refractivity contribution is 5.70. The Morgan fingerprint density at radius 1 is 1.14 bits per heavy atom. The Kier molecular flexibility index (Phi) is 9.16. The molecule has 0 radical (unpaired) electrons. The molecule has 3 aliphatic rings. The van der Waals surface area contributed by atoms with Gasteiger partial charge in [0.1, 0.15) is 43.2 Å². The smallest absolute Gasteiger partial charge is 0.331 e. The van der Waals surface area contributed by atoms with Crippen LogP contribution in [0.1, 0.15) is 25.2 Å². The zero-order valence-corrected chi connectivity index (χ0v) is 20.2. The number of carbonyl (C=O) groups is 1. The summed E-state index contributed by atoms with van der Waals surface area (Å²) in [6, 6.07) is 8.03. The van der Waals surface area contributed by atoms with E-state index in [-0.39, 0.29) is 6.61 Å². The maximum atomic E-state index is 11.9. The number of carbonyl (C=O) groups excluding carboxylic acids is 1. The van der Waals surface area contributed by atoms with Crippen LogP contribution < -0.4 is 0 Å². The number of hydrogen-bond donors (Lipinski definition) is 1. The van der Waals surface area contributed by atoms with Gasteiger partial charge < -0.3 is 38.3 Å². The second-order valence-corrected chi connectivity index (χ2v) is 8.54. The molecular formula is C22H28N6O9. The lowest BCUT2D eigenvalue weighted by Crippen LogP contribution is -2.63. The number of benzene rings is 1. The second-order valence-electron chi connectivity index (χ2n) is 8.54. The van der Waals surface area contributed by atoms with Crippen LogP contribution in [0.5, 0.6) is 0 Å². The minimum Gasteiger partial charge on any atom is -0.467 e. The van der Waals surface area contributed by atoms with Crippen molar-refractivity contribution in [2.75, 3.05) is 20.3 Å². The summed E-state index contributed by atoms with van der Waals surface area (Å²) in [6.07, 6.45) is -8.26. The number of hydrogen-bond acceptors (Lipinski definition) is 11. The lowest BCUT2D eigenvalue weighted by atomic mass is 9.95. The number of methoxy groups -OCH3 is 1. The van der Waals surface area contributed by atoms with Crippen molar-refractivity contribution in [1.29, 1.82) is 0 Å². The molecule has 1 N–H and O–H groups in total. The lowest BCUT2D eigenvalue weighted by Gasteiger charge is -2.48. The third-order valence-electron chi connectivity index (χ3n) is 6.36. The number of nitrogens with zero attached hydrogens (tertiary/aromatic N) is 6. The van der Waals surface area contributed by atoms with Crippen LogP contribution in [-0.4, -0.2) is 86.6 Å². The molecule has 3 fully saturated rings. The Labute approximate surface area is 211 Å². The molecule has 37 heavy (non-hydrogen) atoms. The monoisotopic (exact) mass is 520 g/mol. The molecule has 6 unspecified atom stereocenters. The molecule has 0 aromatic heterocycles. The largest absolute Gasteiger partial charge is 0.467 e. The summed E-state index contributed by atoms with van der Waals surface area (Å²) in [5, 5.41) is 18.1. The number of rotatable bonds is 9. The van der Waals surface area contributed by atoms with E-state index in [1.807, 2.05) is 30.3 Å². The quantitative estimate of drug-likeness (QED) is 0.219. The van der Waals surface area contributed by atoms with E-state index in [2.05, 4.69) is 24.8 Å². The van der Waals surface area contributed by atoms with E-state index in [1.54, 1.807) is 6.92 Å². The van der Waals surface area contributed by atoms with Crippen molar-refractivity contribution in [2.24, 2.45) is 10.2 Å². The van der Waals surface area contributed by atoms with E-state index < -0.39 is 74.0 Å². The van der Waals surface area contributed by atoms with E-state index in [4.69, 9.17) is 34.0 Å². The molecule has 0 aliphatic carbocycles. The molecule has 0 bridgehead atoms. The van der Waals surface area contributed by atoms with Gasteiger partial charge in [0.2, 0.25) is 0 Å². The van der Waals surface area contributed by atoms with Crippen LogP contribution >= 0.6 is 0 Å². The van der Waals surface area contributed by atoms with Gasteiger partial charge >= 0.3 is 5.97 Å². The summed E-state index contributed by atoms with van der Waals surface area (Å²) in [5.41, 5.74) is 19.0. The number of aliphatic hydroxyl groups is 1. The first-order chi connectivity index (χ1) is 18.0. The molecule has 0 saturated carbocycles. The topological polar surface area (TPSA) is 199 Å². The van der Waals surface area contributed by atoms with Crippen LogP contribution in [0.2, 0.25) is 0 Å². The fraction of sp³-hybridized carbons (Fsp3) is 0.682. The number of azide groups is 2. The summed E-state index contributed by atoms with van der Waals surface area (Å²) in [4.78, 5) is 17.6. The van der Waals surface area contributed by atoms with Gasteiger partial charge in [0.25, 0.3) is 0 Å². The summed E-state index contributed by atoms with van der Waals surface area (Å²) in [6.45, 7) is 1.40. The Morgan fingerprint density at radius 3 is 2.57 bits per heavy atom. The molecule has 3 heterocycles. The van der Waals surface area contributed by atoms with E-state index in [0.29, 0.717) is 6.42 Å². The molecule has 200 valence electrons. The molecule has 4 rings (SSSR count). The Hall–Kier alpha value is -2.97. The Balaban J connectivity index is 1.61. The van der Waals surface area contributed by atoms with Crippen molar-refractivity contribution in [3.63, 3.8) is 0 Å². The molecule has 1 aromatic rings. The van der Waals surface area contributed by atoms with Gasteiger partial charge in [0, 0.05) is 15.4 Å². The highest BCUT2D eigenvalue weighted by Gasteiger charge is 2.53. The summed E-state index contributed by atoms with van der Waals surface area (Å²) >= 11 is 0. The van der Waals surface area contributed by atoms with E-state index in [0.717, 1.165) is 5.56 Å². The summed E-state index contributed by atoms with van der Waals surface area (Å²) in [5.74, 6) is -0.652. The van der Waals surface area contributed by atoms with Crippen LogP contribution in [0.3, 0.4) is 0 Å². The maximum Gasteiger partial charge on any atom is 0.331 e. The molecule has 3 aliphatic heterocycles. The molecule has 15 heteroatoms. The first-order valence-electron chi connectivity index (χ1n) is 11.7. The normalized spacial score (nSPS) is 37.1. The average molecular weight is 520 g/mol. The molecule has 3 saturated heterocycles. The lowest BCUT2D eigenvalue weighted by molar-refractivity contribution is -0.352. The van der Waals surface area contributed by atoms with Crippen LogP contribution in [0, 0.1) is 0 Å². The van der Waals surface area contributed by atoms with Crippen molar-refractivity contribution in [3.8, 4) is 0 Å². The van der Waals surface area contributed by atoms with E-state index in [1.165, 1.54) is 7.11 Å². The molecular weight excluding hydrogens is 492 g/mol. The number of aliphatic hydroxyl groups excluding tert-OH is 1. The molecule has 0 amide bonds. The van der Waals surface area contributed by atoms with Crippen molar-refractivity contribution >= 4 is 5.97 Å². The minimum atomic E-state index is -1.28. The summed E-state index contributed by atoms with van der Waals surface area (Å²) in [7, 11) is 1.22. The first kappa shape index (κ1) is 27.1. The zero-order valence-electron chi connectivity index (χ0n) is 20.2. The molecule has 15 nitrogen and oxygen atoms in total. The predicted molar refractivity (Wildman–Crippen MR) is 122 cm³/mol. The zero-order chi connectivity index (χ0) is 26.4. The van der Waals surface area contributed by atoms with Gasteiger partial charge in [-0.15, -0.1) is 0 Å². The van der Waals surface area contributed by atoms with Crippen LogP contribution in [0.4, 0.5) is 0 Å². The molecule has 1 aromatic carbocycles. The van der Waals surface area contributed by atoms with Gasteiger partial charge in [-0.1, -0.05) is 47.5 Å².